The third-order valence-corrected chi connectivity index (χ3v) is 4.70. The number of ether oxygens (including phenoxy) is 1. The second-order valence-electron chi connectivity index (χ2n) is 6.58. The number of hydrogen-bond acceptors (Lipinski definition) is 7. The number of aryl methyl sites for hydroxylation is 2. The van der Waals surface area contributed by atoms with Gasteiger partial charge in [-0.3, -0.25) is 13.8 Å². The number of fused-ring (bicyclic) bond motifs is 3. The minimum Gasteiger partial charge on any atom is -0.486 e. The van der Waals surface area contributed by atoms with Gasteiger partial charge in [-0.15, -0.1) is 10.2 Å². The molecule has 3 aromatic heterocycles. The van der Waals surface area contributed by atoms with Crippen LogP contribution < -0.4 is 10.3 Å². The molecule has 0 unspecified atom stereocenters. The summed E-state index contributed by atoms with van der Waals surface area (Å²) < 4.78 is 14.2. The van der Waals surface area contributed by atoms with E-state index >= 15 is 0 Å². The molecule has 0 atom stereocenters. The molecule has 0 aliphatic carbocycles. The maximum Gasteiger partial charge on any atom is 0.262 e. The molecule has 0 fully saturated rings. The van der Waals surface area contributed by atoms with Gasteiger partial charge in [0.25, 0.3) is 5.56 Å². The molecule has 5 aromatic rings. The second kappa shape index (κ2) is 6.55. The lowest BCUT2D eigenvalue weighted by atomic mass is 10.2. The summed E-state index contributed by atoms with van der Waals surface area (Å²) in [7, 11) is 1.68. The highest BCUT2D eigenvalue weighted by Gasteiger charge is 2.15. The molecule has 0 aliphatic heterocycles. The van der Waals surface area contributed by atoms with Crippen LogP contribution in [-0.4, -0.2) is 29.3 Å². The Labute approximate surface area is 164 Å². The Morgan fingerprint density at radius 3 is 2.62 bits per heavy atom. The molecule has 5 rings (SSSR count). The normalized spacial score (nSPS) is 11.4. The van der Waals surface area contributed by atoms with E-state index in [2.05, 4.69) is 20.3 Å². The number of rotatable bonds is 4. The second-order valence-corrected chi connectivity index (χ2v) is 6.58. The minimum absolute atomic E-state index is 0.111. The van der Waals surface area contributed by atoms with Gasteiger partial charge in [-0.25, -0.2) is 0 Å². The van der Waals surface area contributed by atoms with Crippen LogP contribution in [0.15, 0.2) is 57.8 Å². The largest absolute Gasteiger partial charge is 0.486 e. The summed E-state index contributed by atoms with van der Waals surface area (Å²) in [5.41, 5.74) is 1.47. The van der Waals surface area contributed by atoms with Gasteiger partial charge >= 0.3 is 0 Å². The smallest absolute Gasteiger partial charge is 0.262 e. The molecule has 9 heteroatoms. The number of benzene rings is 2. The summed E-state index contributed by atoms with van der Waals surface area (Å²) in [6, 6.07) is 14.8. The average Bonchev–Trinajstić information content (AvgIpc) is 3.37. The molecule has 0 N–H and O–H groups in total. The van der Waals surface area contributed by atoms with E-state index in [-0.39, 0.29) is 12.2 Å². The first-order valence-electron chi connectivity index (χ1n) is 8.97. The van der Waals surface area contributed by atoms with Crippen molar-refractivity contribution in [1.82, 2.24) is 29.3 Å². The summed E-state index contributed by atoms with van der Waals surface area (Å²) in [4.78, 5) is 16.7. The molecule has 0 bridgehead atoms. The summed E-state index contributed by atoms with van der Waals surface area (Å²) >= 11 is 0. The number of nitrogens with zero attached hydrogens (tertiary/aromatic N) is 6. The maximum absolute atomic E-state index is 12.5. The SMILES string of the molecule is Cc1nc(-c2ccc(OCc3nnc4n(C)c(=O)c5ccccc5n34)cc2)no1. The van der Waals surface area contributed by atoms with Gasteiger partial charge in [0.15, 0.2) is 5.82 Å². The van der Waals surface area contributed by atoms with Crippen molar-refractivity contribution in [3.05, 3.63) is 70.6 Å². The fourth-order valence-electron chi connectivity index (χ4n) is 3.25. The first kappa shape index (κ1) is 17.1. The molecule has 0 spiro atoms. The average molecular weight is 388 g/mol. The standard InChI is InChI=1S/C20H16N6O3/c1-12-21-18(24-29-12)13-7-9-14(10-8-13)28-11-17-22-23-20-25(2)19(27)15-5-3-4-6-16(15)26(17)20/h3-10H,11H2,1-2H3. The lowest BCUT2D eigenvalue weighted by Gasteiger charge is -2.09. The fourth-order valence-corrected chi connectivity index (χ4v) is 3.25. The number of aromatic nitrogens is 6. The molecule has 0 amide bonds. The number of para-hydroxylation sites is 1. The lowest BCUT2D eigenvalue weighted by Crippen LogP contribution is -2.20. The Kier molecular flexibility index (Phi) is 3.87. The van der Waals surface area contributed by atoms with Crippen LogP contribution in [0.3, 0.4) is 0 Å². The Hall–Kier alpha value is -4.01. The van der Waals surface area contributed by atoms with Crippen LogP contribution in [0.25, 0.3) is 28.1 Å². The predicted molar refractivity (Wildman–Crippen MR) is 105 cm³/mol. The molecular formula is C20H16N6O3. The molecule has 0 radical (unpaired) electrons. The first-order valence-corrected chi connectivity index (χ1v) is 8.97. The van der Waals surface area contributed by atoms with Gasteiger partial charge in [0.1, 0.15) is 12.4 Å². The highest BCUT2D eigenvalue weighted by atomic mass is 16.5. The van der Waals surface area contributed by atoms with Crippen LogP contribution in [-0.2, 0) is 13.7 Å². The van der Waals surface area contributed by atoms with Crippen molar-refractivity contribution in [2.45, 2.75) is 13.5 Å². The molecule has 0 saturated heterocycles. The van der Waals surface area contributed by atoms with Gasteiger partial charge in [-0.1, -0.05) is 17.3 Å². The van der Waals surface area contributed by atoms with E-state index in [1.54, 1.807) is 20.0 Å². The van der Waals surface area contributed by atoms with Crippen LogP contribution in [0.1, 0.15) is 11.7 Å². The third-order valence-electron chi connectivity index (χ3n) is 4.70. The Bertz CT molecular complexity index is 1400. The third kappa shape index (κ3) is 2.83. The van der Waals surface area contributed by atoms with Gasteiger partial charge < -0.3 is 9.26 Å². The van der Waals surface area contributed by atoms with E-state index in [0.29, 0.717) is 34.5 Å². The Morgan fingerprint density at radius 2 is 1.86 bits per heavy atom. The summed E-state index contributed by atoms with van der Waals surface area (Å²) in [5.74, 6) is 2.78. The van der Waals surface area contributed by atoms with Gasteiger partial charge in [-0.05, 0) is 36.4 Å². The van der Waals surface area contributed by atoms with E-state index in [1.165, 1.54) is 4.57 Å². The van der Waals surface area contributed by atoms with E-state index in [4.69, 9.17) is 9.26 Å². The first-order chi connectivity index (χ1) is 14.1. The topological polar surface area (TPSA) is 100 Å². The van der Waals surface area contributed by atoms with Gasteiger partial charge in [0, 0.05) is 19.5 Å². The molecule has 2 aromatic carbocycles. The Morgan fingerprint density at radius 1 is 1.07 bits per heavy atom. The van der Waals surface area contributed by atoms with Crippen molar-refractivity contribution in [3.63, 3.8) is 0 Å². The van der Waals surface area contributed by atoms with Crippen LogP contribution in [0, 0.1) is 6.92 Å². The zero-order valence-corrected chi connectivity index (χ0v) is 15.7. The summed E-state index contributed by atoms with van der Waals surface area (Å²) in [6.45, 7) is 1.94. The van der Waals surface area contributed by atoms with Crippen molar-refractivity contribution in [2.75, 3.05) is 0 Å². The minimum atomic E-state index is -0.111. The molecule has 3 heterocycles. The molecular weight excluding hydrogens is 372 g/mol. The van der Waals surface area contributed by atoms with Crippen molar-refractivity contribution >= 4 is 16.7 Å². The molecule has 9 nitrogen and oxygen atoms in total. The van der Waals surface area contributed by atoms with E-state index in [1.807, 2.05) is 46.9 Å². The zero-order valence-electron chi connectivity index (χ0n) is 15.7. The highest BCUT2D eigenvalue weighted by Crippen LogP contribution is 2.21. The van der Waals surface area contributed by atoms with Crippen LogP contribution >= 0.6 is 0 Å². The van der Waals surface area contributed by atoms with Crippen molar-refractivity contribution in [2.24, 2.45) is 7.05 Å². The quantitative estimate of drug-likeness (QED) is 0.466. The van der Waals surface area contributed by atoms with Crippen molar-refractivity contribution in [1.29, 1.82) is 0 Å². The lowest BCUT2D eigenvalue weighted by molar-refractivity contribution is 0.295. The van der Waals surface area contributed by atoms with E-state index in [0.717, 1.165) is 11.1 Å². The van der Waals surface area contributed by atoms with Gasteiger partial charge in [0.2, 0.25) is 17.5 Å². The summed E-state index contributed by atoms with van der Waals surface area (Å²) in [5, 5.41) is 12.9. The van der Waals surface area contributed by atoms with Crippen LogP contribution in [0.5, 0.6) is 5.75 Å². The van der Waals surface area contributed by atoms with Crippen molar-refractivity contribution < 1.29 is 9.26 Å². The van der Waals surface area contributed by atoms with Crippen LogP contribution in [0.4, 0.5) is 0 Å². The predicted octanol–water partition coefficient (Wildman–Crippen LogP) is 2.52. The monoisotopic (exact) mass is 388 g/mol. The number of hydrogen-bond donors (Lipinski definition) is 0. The Balaban J connectivity index is 1.46. The van der Waals surface area contributed by atoms with E-state index in [9.17, 15) is 4.79 Å². The highest BCUT2D eigenvalue weighted by molar-refractivity contribution is 5.80. The van der Waals surface area contributed by atoms with Crippen LogP contribution in [0.2, 0.25) is 0 Å². The fraction of sp³-hybridized carbons (Fsp3) is 0.150. The maximum atomic E-state index is 12.5. The summed E-state index contributed by atoms with van der Waals surface area (Å²) in [6.07, 6.45) is 0. The van der Waals surface area contributed by atoms with Crippen molar-refractivity contribution in [3.8, 4) is 17.1 Å². The van der Waals surface area contributed by atoms with E-state index < -0.39 is 0 Å². The molecule has 0 aliphatic rings. The molecule has 0 saturated carbocycles. The molecule has 144 valence electrons. The van der Waals surface area contributed by atoms with Gasteiger partial charge in [-0.2, -0.15) is 4.98 Å². The van der Waals surface area contributed by atoms with Gasteiger partial charge in [0.05, 0.1) is 10.9 Å². The zero-order chi connectivity index (χ0) is 20.0. The molecule has 29 heavy (non-hydrogen) atoms.